The molecule has 0 radical (unpaired) electrons. The summed E-state index contributed by atoms with van der Waals surface area (Å²) in [5.74, 6) is -1.65. The van der Waals surface area contributed by atoms with E-state index in [1.807, 2.05) is 27.7 Å². The first-order valence-corrected chi connectivity index (χ1v) is 8.15. The van der Waals surface area contributed by atoms with Gasteiger partial charge in [0.25, 0.3) is 5.91 Å². The van der Waals surface area contributed by atoms with Crippen LogP contribution in [-0.4, -0.2) is 22.9 Å². The Balaban J connectivity index is 2.22. The Kier molecular flexibility index (Phi) is 5.45. The Hall–Kier alpha value is -3.15. The third kappa shape index (κ3) is 4.69. The number of carboxylic acids is 1. The van der Waals surface area contributed by atoms with Crippen molar-refractivity contribution < 1.29 is 19.5 Å². The van der Waals surface area contributed by atoms with Crippen molar-refractivity contribution in [2.45, 2.75) is 27.7 Å². The fourth-order valence-electron chi connectivity index (χ4n) is 2.14. The minimum absolute atomic E-state index is 0.0422. The van der Waals surface area contributed by atoms with Crippen LogP contribution in [0.15, 0.2) is 42.5 Å². The molecule has 0 saturated heterocycles. The normalized spacial score (nSPS) is 10.9. The van der Waals surface area contributed by atoms with Gasteiger partial charge in [0.2, 0.25) is 5.91 Å². The Morgan fingerprint density at radius 3 is 2.19 bits per heavy atom. The topological polar surface area (TPSA) is 95.5 Å². The average molecular weight is 354 g/mol. The number of carboxylic acid groups (broad SMARTS) is 1. The Bertz CT molecular complexity index is 866. The van der Waals surface area contributed by atoms with Gasteiger partial charge >= 0.3 is 5.97 Å². The minimum atomic E-state index is -1.09. The third-order valence-corrected chi connectivity index (χ3v) is 3.80. The molecule has 26 heavy (non-hydrogen) atoms. The summed E-state index contributed by atoms with van der Waals surface area (Å²) in [5.41, 5.74) is 1.69. The molecule has 0 aliphatic carbocycles. The molecule has 136 valence electrons. The molecule has 0 saturated carbocycles. The number of rotatable bonds is 4. The number of amides is 2. The van der Waals surface area contributed by atoms with Gasteiger partial charge in [-0.25, -0.2) is 4.79 Å². The van der Waals surface area contributed by atoms with Gasteiger partial charge in [0.1, 0.15) is 0 Å². The number of hydrogen-bond acceptors (Lipinski definition) is 3. The zero-order chi connectivity index (χ0) is 19.5. The Morgan fingerprint density at radius 1 is 0.923 bits per heavy atom. The molecule has 2 aromatic carbocycles. The lowest BCUT2D eigenvalue weighted by Crippen LogP contribution is -2.27. The molecule has 0 fully saturated rings. The highest BCUT2D eigenvalue weighted by Crippen LogP contribution is 2.23. The summed E-state index contributed by atoms with van der Waals surface area (Å²) < 4.78 is 0. The Labute approximate surface area is 152 Å². The Morgan fingerprint density at radius 2 is 1.58 bits per heavy atom. The van der Waals surface area contributed by atoms with E-state index < -0.39 is 17.3 Å². The van der Waals surface area contributed by atoms with E-state index in [1.54, 1.807) is 24.3 Å². The number of nitrogens with one attached hydrogen (secondary N) is 2. The van der Waals surface area contributed by atoms with Crippen molar-refractivity contribution in [1.82, 2.24) is 0 Å². The summed E-state index contributed by atoms with van der Waals surface area (Å²) >= 11 is 0. The van der Waals surface area contributed by atoms with Crippen molar-refractivity contribution in [2.24, 2.45) is 5.41 Å². The van der Waals surface area contributed by atoms with Crippen molar-refractivity contribution in [3.63, 3.8) is 0 Å². The summed E-state index contributed by atoms with van der Waals surface area (Å²) in [6, 6.07) is 11.0. The number of carbonyl (C=O) groups excluding carboxylic acids is 2. The van der Waals surface area contributed by atoms with Crippen molar-refractivity contribution in [3.05, 3.63) is 59.2 Å². The number of aryl methyl sites for hydroxylation is 1. The van der Waals surface area contributed by atoms with Gasteiger partial charge in [-0.1, -0.05) is 32.9 Å². The maximum absolute atomic E-state index is 12.4. The number of benzene rings is 2. The van der Waals surface area contributed by atoms with Crippen molar-refractivity contribution in [2.75, 3.05) is 10.6 Å². The highest BCUT2D eigenvalue weighted by molar-refractivity contribution is 6.06. The molecule has 0 atom stereocenters. The molecule has 0 unspecified atom stereocenters. The molecule has 0 aliphatic heterocycles. The van der Waals surface area contributed by atoms with Crippen LogP contribution in [0.1, 0.15) is 47.1 Å². The maximum atomic E-state index is 12.4. The molecule has 2 aromatic rings. The van der Waals surface area contributed by atoms with Crippen LogP contribution in [0.5, 0.6) is 0 Å². The molecular weight excluding hydrogens is 332 g/mol. The van der Waals surface area contributed by atoms with E-state index in [0.717, 1.165) is 5.56 Å². The first-order chi connectivity index (χ1) is 12.1. The zero-order valence-electron chi connectivity index (χ0n) is 15.2. The molecule has 3 N–H and O–H groups in total. The minimum Gasteiger partial charge on any atom is -0.478 e. The smallest absolute Gasteiger partial charge is 0.335 e. The van der Waals surface area contributed by atoms with Crippen LogP contribution in [0.4, 0.5) is 11.4 Å². The van der Waals surface area contributed by atoms with Gasteiger partial charge in [0.15, 0.2) is 0 Å². The van der Waals surface area contributed by atoms with Crippen LogP contribution >= 0.6 is 0 Å². The highest BCUT2D eigenvalue weighted by Gasteiger charge is 2.21. The molecule has 0 aliphatic rings. The SMILES string of the molecule is Cc1ccc(NC(=O)C(C)(C)C)cc1NC(=O)c1cccc(C(=O)O)c1. The van der Waals surface area contributed by atoms with E-state index in [-0.39, 0.29) is 17.0 Å². The van der Waals surface area contributed by atoms with Gasteiger partial charge in [-0.3, -0.25) is 9.59 Å². The molecule has 0 aromatic heterocycles. The average Bonchev–Trinajstić information content (AvgIpc) is 2.57. The summed E-state index contributed by atoms with van der Waals surface area (Å²) in [4.78, 5) is 35.6. The van der Waals surface area contributed by atoms with Crippen molar-refractivity contribution in [3.8, 4) is 0 Å². The van der Waals surface area contributed by atoms with Crippen molar-refractivity contribution >= 4 is 29.2 Å². The van der Waals surface area contributed by atoms with Crippen molar-refractivity contribution in [1.29, 1.82) is 0 Å². The van der Waals surface area contributed by atoms with Crippen LogP contribution in [0.25, 0.3) is 0 Å². The van der Waals surface area contributed by atoms with Gasteiger partial charge in [0.05, 0.1) is 5.56 Å². The lowest BCUT2D eigenvalue weighted by atomic mass is 9.95. The lowest BCUT2D eigenvalue weighted by Gasteiger charge is -2.18. The van der Waals surface area contributed by atoms with Crippen LogP contribution in [0.2, 0.25) is 0 Å². The van der Waals surface area contributed by atoms with Gasteiger partial charge < -0.3 is 15.7 Å². The van der Waals surface area contributed by atoms with Gasteiger partial charge in [-0.05, 0) is 42.8 Å². The largest absolute Gasteiger partial charge is 0.478 e. The molecule has 2 rings (SSSR count). The number of carbonyl (C=O) groups is 3. The number of hydrogen-bond donors (Lipinski definition) is 3. The summed E-state index contributed by atoms with van der Waals surface area (Å²) in [6.45, 7) is 7.27. The molecule has 0 heterocycles. The molecule has 0 bridgehead atoms. The fourth-order valence-corrected chi connectivity index (χ4v) is 2.14. The molecular formula is C20H22N2O4. The zero-order valence-corrected chi connectivity index (χ0v) is 15.2. The first kappa shape index (κ1) is 19.2. The van der Waals surface area contributed by atoms with E-state index in [0.29, 0.717) is 11.4 Å². The van der Waals surface area contributed by atoms with Crippen LogP contribution < -0.4 is 10.6 Å². The fraction of sp³-hybridized carbons (Fsp3) is 0.250. The second kappa shape index (κ2) is 7.39. The van der Waals surface area contributed by atoms with Crippen LogP contribution in [0.3, 0.4) is 0 Å². The predicted octanol–water partition coefficient (Wildman–Crippen LogP) is 3.93. The van der Waals surface area contributed by atoms with E-state index in [2.05, 4.69) is 10.6 Å². The quantitative estimate of drug-likeness (QED) is 0.775. The second-order valence-corrected chi connectivity index (χ2v) is 7.07. The summed E-state index contributed by atoms with van der Waals surface area (Å²) in [5, 5.41) is 14.6. The van der Waals surface area contributed by atoms with Crippen LogP contribution in [0, 0.1) is 12.3 Å². The molecule has 6 nitrogen and oxygen atoms in total. The highest BCUT2D eigenvalue weighted by atomic mass is 16.4. The first-order valence-electron chi connectivity index (χ1n) is 8.15. The van der Waals surface area contributed by atoms with Gasteiger partial charge in [-0.15, -0.1) is 0 Å². The lowest BCUT2D eigenvalue weighted by molar-refractivity contribution is -0.123. The van der Waals surface area contributed by atoms with E-state index in [9.17, 15) is 14.4 Å². The van der Waals surface area contributed by atoms with Gasteiger partial charge in [0, 0.05) is 22.4 Å². The van der Waals surface area contributed by atoms with Gasteiger partial charge in [-0.2, -0.15) is 0 Å². The molecule has 6 heteroatoms. The second-order valence-electron chi connectivity index (χ2n) is 7.07. The number of aromatic carboxylic acids is 1. The molecule has 0 spiro atoms. The van der Waals surface area contributed by atoms with Crippen LogP contribution in [-0.2, 0) is 4.79 Å². The summed E-state index contributed by atoms with van der Waals surface area (Å²) in [6.07, 6.45) is 0. The van der Waals surface area contributed by atoms with E-state index in [1.165, 1.54) is 18.2 Å². The van der Waals surface area contributed by atoms with E-state index >= 15 is 0 Å². The predicted molar refractivity (Wildman–Crippen MR) is 101 cm³/mol. The molecule has 2 amide bonds. The maximum Gasteiger partial charge on any atom is 0.335 e. The van der Waals surface area contributed by atoms with E-state index in [4.69, 9.17) is 5.11 Å². The summed E-state index contributed by atoms with van der Waals surface area (Å²) in [7, 11) is 0. The monoisotopic (exact) mass is 354 g/mol. The standard InChI is InChI=1S/C20H22N2O4/c1-12-8-9-15(21-19(26)20(2,3)4)11-16(12)22-17(23)13-6-5-7-14(10-13)18(24)25/h5-11H,1-4H3,(H,21,26)(H,22,23)(H,24,25). The third-order valence-electron chi connectivity index (χ3n) is 3.80. The number of anilines is 2.